The van der Waals surface area contributed by atoms with E-state index in [9.17, 15) is 17.6 Å². The SMILES string of the molecule is Cc1ccc(F)c([C@@H](N)[C@@H](O)C(F)(F)F)c1Cl. The molecule has 3 N–H and O–H groups in total. The maximum atomic E-state index is 13.4. The van der Waals surface area contributed by atoms with Gasteiger partial charge in [0.15, 0.2) is 6.10 Å². The largest absolute Gasteiger partial charge is 0.416 e. The smallest absolute Gasteiger partial charge is 0.382 e. The van der Waals surface area contributed by atoms with Gasteiger partial charge in [0.05, 0.1) is 11.1 Å². The van der Waals surface area contributed by atoms with Crippen molar-refractivity contribution < 1.29 is 22.7 Å². The number of nitrogens with two attached hydrogens (primary N) is 1. The number of hydrogen-bond acceptors (Lipinski definition) is 2. The van der Waals surface area contributed by atoms with Gasteiger partial charge < -0.3 is 10.8 Å². The third-order valence-corrected chi connectivity index (χ3v) is 2.83. The first-order valence-corrected chi connectivity index (χ1v) is 4.99. The van der Waals surface area contributed by atoms with Crippen LogP contribution in [-0.4, -0.2) is 17.4 Å². The van der Waals surface area contributed by atoms with Gasteiger partial charge in [0.25, 0.3) is 0 Å². The molecule has 0 heterocycles. The zero-order valence-electron chi connectivity index (χ0n) is 8.72. The molecule has 96 valence electrons. The fourth-order valence-electron chi connectivity index (χ4n) is 1.35. The zero-order chi connectivity index (χ0) is 13.4. The van der Waals surface area contributed by atoms with E-state index in [0.717, 1.165) is 6.07 Å². The van der Waals surface area contributed by atoms with E-state index >= 15 is 0 Å². The molecule has 0 bridgehead atoms. The summed E-state index contributed by atoms with van der Waals surface area (Å²) in [5, 5.41) is 8.76. The molecule has 0 aromatic heterocycles. The molecule has 2 atom stereocenters. The lowest BCUT2D eigenvalue weighted by molar-refractivity contribution is -0.210. The molecule has 0 saturated heterocycles. The molecule has 0 amide bonds. The van der Waals surface area contributed by atoms with E-state index in [4.69, 9.17) is 22.4 Å². The Labute approximate surface area is 100.0 Å². The molecule has 0 saturated carbocycles. The van der Waals surface area contributed by atoms with E-state index in [2.05, 4.69) is 0 Å². The van der Waals surface area contributed by atoms with Gasteiger partial charge in [-0.25, -0.2) is 4.39 Å². The van der Waals surface area contributed by atoms with Gasteiger partial charge in [0.2, 0.25) is 0 Å². The second-order valence-corrected chi connectivity index (χ2v) is 3.98. The predicted octanol–water partition coefficient (Wildman–Crippen LogP) is 2.71. The molecule has 0 fully saturated rings. The van der Waals surface area contributed by atoms with E-state index in [1.54, 1.807) is 0 Å². The molecule has 0 aliphatic carbocycles. The molecule has 0 radical (unpaired) electrons. The van der Waals surface area contributed by atoms with Crippen LogP contribution in [0.4, 0.5) is 17.6 Å². The van der Waals surface area contributed by atoms with Crippen LogP contribution in [0.1, 0.15) is 17.2 Å². The number of benzene rings is 1. The van der Waals surface area contributed by atoms with Gasteiger partial charge in [0, 0.05) is 5.56 Å². The highest BCUT2D eigenvalue weighted by Crippen LogP contribution is 2.34. The molecule has 0 aliphatic heterocycles. The molecule has 1 aromatic rings. The third kappa shape index (κ3) is 2.88. The lowest BCUT2D eigenvalue weighted by Gasteiger charge is -2.23. The standard InChI is InChI=1S/C10H10ClF4NO/c1-4-2-3-5(12)6(7(4)11)8(16)9(17)10(13,14)15/h2-3,8-9,17H,16H2,1H3/t8-,9-/m1/s1. The molecule has 2 nitrogen and oxygen atoms in total. The first kappa shape index (κ1) is 14.2. The summed E-state index contributed by atoms with van der Waals surface area (Å²) in [5.41, 5.74) is 5.05. The number of aryl methyl sites for hydroxylation is 1. The van der Waals surface area contributed by atoms with Crippen LogP contribution >= 0.6 is 11.6 Å². The maximum absolute atomic E-state index is 13.4. The van der Waals surface area contributed by atoms with Crippen LogP contribution in [0.3, 0.4) is 0 Å². The Morgan fingerprint density at radius 2 is 1.88 bits per heavy atom. The molecule has 17 heavy (non-hydrogen) atoms. The van der Waals surface area contributed by atoms with E-state index in [1.807, 2.05) is 0 Å². The lowest BCUT2D eigenvalue weighted by Crippen LogP contribution is -2.39. The van der Waals surface area contributed by atoms with E-state index in [-0.39, 0.29) is 5.02 Å². The minimum absolute atomic E-state index is 0.208. The third-order valence-electron chi connectivity index (χ3n) is 2.33. The quantitative estimate of drug-likeness (QED) is 0.813. The van der Waals surface area contributed by atoms with Crippen molar-refractivity contribution in [2.75, 3.05) is 0 Å². The van der Waals surface area contributed by atoms with Crippen LogP contribution < -0.4 is 5.73 Å². The normalized spacial score (nSPS) is 15.8. The van der Waals surface area contributed by atoms with Crippen molar-refractivity contribution in [1.82, 2.24) is 0 Å². The second kappa shape index (κ2) is 4.80. The molecule has 1 aromatic carbocycles. The number of aliphatic hydroxyl groups excluding tert-OH is 1. The average molecular weight is 272 g/mol. The summed E-state index contributed by atoms with van der Waals surface area (Å²) in [6.45, 7) is 1.50. The van der Waals surface area contributed by atoms with Crippen LogP contribution in [0.25, 0.3) is 0 Å². The van der Waals surface area contributed by atoms with Crippen molar-refractivity contribution >= 4 is 11.6 Å². The molecule has 0 spiro atoms. The Bertz CT molecular complexity index is 422. The first-order chi connectivity index (χ1) is 7.66. The van der Waals surface area contributed by atoms with Crippen molar-refractivity contribution in [2.45, 2.75) is 25.2 Å². The monoisotopic (exact) mass is 271 g/mol. The van der Waals surface area contributed by atoms with Crippen molar-refractivity contribution in [3.63, 3.8) is 0 Å². The van der Waals surface area contributed by atoms with Gasteiger partial charge >= 0.3 is 6.18 Å². The summed E-state index contributed by atoms with van der Waals surface area (Å²) >= 11 is 5.69. The summed E-state index contributed by atoms with van der Waals surface area (Å²) in [5.74, 6) is -0.976. The molecule has 0 aliphatic rings. The summed E-state index contributed by atoms with van der Waals surface area (Å²) in [6, 6.07) is 0.315. The highest BCUT2D eigenvalue weighted by Gasteiger charge is 2.44. The van der Waals surface area contributed by atoms with Crippen LogP contribution in [0.2, 0.25) is 5.02 Å². The van der Waals surface area contributed by atoms with Crippen molar-refractivity contribution in [3.05, 3.63) is 34.1 Å². The molecule has 0 unspecified atom stereocenters. The lowest BCUT2D eigenvalue weighted by atomic mass is 9.99. The number of rotatable bonds is 2. The average Bonchev–Trinajstić information content (AvgIpc) is 2.21. The van der Waals surface area contributed by atoms with Gasteiger partial charge in [-0.15, -0.1) is 0 Å². The van der Waals surface area contributed by atoms with Crippen molar-refractivity contribution in [2.24, 2.45) is 5.73 Å². The van der Waals surface area contributed by atoms with Crippen molar-refractivity contribution in [3.8, 4) is 0 Å². The van der Waals surface area contributed by atoms with E-state index < -0.39 is 29.7 Å². The summed E-state index contributed by atoms with van der Waals surface area (Å²) in [4.78, 5) is 0. The fourth-order valence-corrected chi connectivity index (χ4v) is 1.62. The number of halogens is 5. The Balaban J connectivity index is 3.21. The number of aliphatic hydroxyl groups is 1. The molecule has 7 heteroatoms. The second-order valence-electron chi connectivity index (χ2n) is 3.60. The van der Waals surface area contributed by atoms with Gasteiger partial charge in [-0.3, -0.25) is 0 Å². The van der Waals surface area contributed by atoms with E-state index in [0.29, 0.717) is 5.56 Å². The van der Waals surface area contributed by atoms with Gasteiger partial charge in [-0.2, -0.15) is 13.2 Å². The highest BCUT2D eigenvalue weighted by atomic mass is 35.5. The fraction of sp³-hybridized carbons (Fsp3) is 0.400. The van der Waals surface area contributed by atoms with Crippen LogP contribution in [0.5, 0.6) is 0 Å². The Morgan fingerprint density at radius 3 is 2.35 bits per heavy atom. The van der Waals surface area contributed by atoms with Crippen LogP contribution in [-0.2, 0) is 0 Å². The Morgan fingerprint density at radius 1 is 1.35 bits per heavy atom. The van der Waals surface area contributed by atoms with Crippen molar-refractivity contribution in [1.29, 1.82) is 0 Å². The summed E-state index contributed by atoms with van der Waals surface area (Å²) in [7, 11) is 0. The van der Waals surface area contributed by atoms with Crippen LogP contribution in [0, 0.1) is 12.7 Å². The molecule has 1 rings (SSSR count). The first-order valence-electron chi connectivity index (χ1n) is 4.61. The Kier molecular flexibility index (Phi) is 4.01. The Hall–Kier alpha value is -0.850. The topological polar surface area (TPSA) is 46.2 Å². The molecular formula is C10H10ClF4NO. The summed E-state index contributed by atoms with van der Waals surface area (Å²) in [6.07, 6.45) is -7.80. The number of alkyl halides is 3. The van der Waals surface area contributed by atoms with Gasteiger partial charge in [-0.05, 0) is 18.6 Å². The number of hydrogen-bond donors (Lipinski definition) is 2. The summed E-state index contributed by atoms with van der Waals surface area (Å²) < 4.78 is 50.1. The minimum Gasteiger partial charge on any atom is -0.382 e. The molecular weight excluding hydrogens is 262 g/mol. The van der Waals surface area contributed by atoms with Gasteiger partial charge in [0.1, 0.15) is 5.82 Å². The van der Waals surface area contributed by atoms with E-state index in [1.165, 1.54) is 13.0 Å². The highest BCUT2D eigenvalue weighted by molar-refractivity contribution is 6.32. The maximum Gasteiger partial charge on any atom is 0.416 e. The van der Waals surface area contributed by atoms with Gasteiger partial charge in [-0.1, -0.05) is 17.7 Å². The minimum atomic E-state index is -4.93. The zero-order valence-corrected chi connectivity index (χ0v) is 9.48. The van der Waals surface area contributed by atoms with Crippen LogP contribution in [0.15, 0.2) is 12.1 Å². The predicted molar refractivity (Wildman–Crippen MR) is 55.1 cm³/mol.